The van der Waals surface area contributed by atoms with Crippen LogP contribution in [0.2, 0.25) is 50.9 Å². The monoisotopic (exact) mass is 832 g/mol. The van der Waals surface area contributed by atoms with Gasteiger partial charge in [-0.3, -0.25) is 0 Å². The van der Waals surface area contributed by atoms with Crippen molar-refractivity contribution in [2.75, 3.05) is 67.0 Å². The summed E-state index contributed by atoms with van der Waals surface area (Å²) in [5, 5.41) is 10.9. The second-order valence-corrected chi connectivity index (χ2v) is 29.1. The second-order valence-electron chi connectivity index (χ2n) is 13.4. The maximum absolute atomic E-state index is 6.16. The van der Waals surface area contributed by atoms with Gasteiger partial charge in [-0.05, 0) is 91.6 Å². The topological polar surface area (TPSA) is 97.9 Å². The summed E-state index contributed by atoms with van der Waals surface area (Å²) in [4.78, 5) is 0. The van der Waals surface area contributed by atoms with Crippen LogP contribution in [0.3, 0.4) is 0 Å². The first kappa shape index (κ1) is 50.1. The maximum Gasteiger partial charge on any atom is 0.500 e. The molecule has 0 saturated heterocycles. The van der Waals surface area contributed by atoms with Gasteiger partial charge in [0.2, 0.25) is 0 Å². The van der Waals surface area contributed by atoms with Crippen LogP contribution in [0.1, 0.15) is 78.0 Å². The van der Waals surface area contributed by atoms with E-state index in [2.05, 4.69) is 62.4 Å². The SMILES string of the molecule is CCO[Si](CCCNC(NCCC[Si](OCC)(OCC)OCC)[Si]CCc1ccc([Si](C)C)c([Si](C)C)c1C(C)[Si](C)(OC)OC)(OCC)OCC. The molecular weight excluding hydrogens is 757 g/mol. The van der Waals surface area contributed by atoms with Crippen molar-refractivity contribution in [2.24, 2.45) is 0 Å². The molecule has 1 aromatic carbocycles. The van der Waals surface area contributed by atoms with Gasteiger partial charge in [0.25, 0.3) is 0 Å². The Kier molecular flexibility index (Phi) is 25.9. The molecule has 1 unspecified atom stereocenters. The van der Waals surface area contributed by atoms with Crippen LogP contribution in [0, 0.1) is 0 Å². The summed E-state index contributed by atoms with van der Waals surface area (Å²) in [6.07, 6.45) is 2.87. The standard InChI is InChI=1S/C36H76N2O8Si6/c1-15-41-51(42-16-2,43-17-3)29-21-26-37-36(38-27-22-30-52(44-18-4,45-19-5)46-20-6)47-28-25-32-23-24-33(48(10)11)35(49(12)13)34(32)31(7)50(14,39-8)40-9/h23-24,31,36-38H,15-22,25-30H2,1-14H3. The van der Waals surface area contributed by atoms with E-state index in [9.17, 15) is 0 Å². The van der Waals surface area contributed by atoms with Crippen LogP contribution in [-0.2, 0) is 41.8 Å². The summed E-state index contributed by atoms with van der Waals surface area (Å²) in [6, 6.07) is 7.54. The minimum Gasteiger partial charge on any atom is -0.397 e. The van der Waals surface area contributed by atoms with Crippen LogP contribution in [0.25, 0.3) is 0 Å². The van der Waals surface area contributed by atoms with Crippen molar-refractivity contribution >= 4 is 63.7 Å². The van der Waals surface area contributed by atoms with E-state index in [-0.39, 0.29) is 11.3 Å². The Bertz CT molecular complexity index is 1020. The zero-order valence-corrected chi connectivity index (χ0v) is 41.5. The zero-order valence-electron chi connectivity index (χ0n) is 35.5. The molecule has 4 radical (unpaired) electrons. The van der Waals surface area contributed by atoms with Gasteiger partial charge in [0.1, 0.15) is 0 Å². The van der Waals surface area contributed by atoms with Crippen molar-refractivity contribution in [3.63, 3.8) is 0 Å². The minimum absolute atomic E-state index is 0.181. The smallest absolute Gasteiger partial charge is 0.397 e. The van der Waals surface area contributed by atoms with Gasteiger partial charge in [0.15, 0.2) is 0 Å². The number of hydrogen-bond donors (Lipinski definition) is 2. The molecule has 1 aromatic rings. The molecule has 0 aliphatic heterocycles. The largest absolute Gasteiger partial charge is 0.500 e. The molecule has 0 aromatic heterocycles. The first-order chi connectivity index (χ1) is 24.8. The van der Waals surface area contributed by atoms with Crippen LogP contribution in [0.15, 0.2) is 12.1 Å². The summed E-state index contributed by atoms with van der Waals surface area (Å²) >= 11 is 0. The lowest BCUT2D eigenvalue weighted by Crippen LogP contribution is -2.51. The third-order valence-electron chi connectivity index (χ3n) is 9.35. The summed E-state index contributed by atoms with van der Waals surface area (Å²) in [5.41, 5.74) is 3.21. The van der Waals surface area contributed by atoms with E-state index < -0.39 is 43.8 Å². The first-order valence-corrected chi connectivity index (χ1v) is 32.3. The molecule has 16 heteroatoms. The molecule has 52 heavy (non-hydrogen) atoms. The molecule has 2 N–H and O–H groups in total. The van der Waals surface area contributed by atoms with Gasteiger partial charge in [-0.2, -0.15) is 0 Å². The fraction of sp³-hybridized carbons (Fsp3) is 0.833. The van der Waals surface area contributed by atoms with E-state index in [1.165, 1.54) is 11.1 Å². The van der Waals surface area contributed by atoms with Crippen molar-refractivity contribution in [3.8, 4) is 0 Å². The summed E-state index contributed by atoms with van der Waals surface area (Å²) in [7, 11) is -4.82. The van der Waals surface area contributed by atoms with Crippen molar-refractivity contribution in [1.29, 1.82) is 0 Å². The Morgan fingerprint density at radius 2 is 1.10 bits per heavy atom. The van der Waals surface area contributed by atoms with Crippen LogP contribution in [-0.4, -0.2) is 126 Å². The van der Waals surface area contributed by atoms with Crippen LogP contribution in [0.4, 0.5) is 0 Å². The first-order valence-electron chi connectivity index (χ1n) is 19.7. The zero-order chi connectivity index (χ0) is 39.2. The predicted octanol–water partition coefficient (Wildman–Crippen LogP) is 5.62. The third-order valence-corrected chi connectivity index (χ3v) is 23.8. The van der Waals surface area contributed by atoms with Gasteiger partial charge in [-0.1, -0.05) is 61.7 Å². The number of aryl methyl sites for hydroxylation is 1. The van der Waals surface area contributed by atoms with E-state index in [1.54, 1.807) is 10.4 Å². The highest BCUT2D eigenvalue weighted by atomic mass is 28.4. The predicted molar refractivity (Wildman–Crippen MR) is 229 cm³/mol. The number of rotatable bonds is 32. The molecule has 0 aliphatic carbocycles. The lowest BCUT2D eigenvalue weighted by atomic mass is 10.0. The lowest BCUT2D eigenvalue weighted by Gasteiger charge is -2.34. The maximum atomic E-state index is 6.16. The molecule has 1 atom stereocenters. The van der Waals surface area contributed by atoms with E-state index in [4.69, 9.17) is 35.4 Å². The number of nitrogens with one attached hydrogen (secondary N) is 2. The van der Waals surface area contributed by atoms with E-state index >= 15 is 0 Å². The van der Waals surface area contributed by atoms with Crippen molar-refractivity contribution in [1.82, 2.24) is 10.6 Å². The van der Waals surface area contributed by atoms with Crippen LogP contribution in [0.5, 0.6) is 0 Å². The van der Waals surface area contributed by atoms with Crippen molar-refractivity contribution in [3.05, 3.63) is 23.3 Å². The Morgan fingerprint density at radius 1 is 0.673 bits per heavy atom. The highest BCUT2D eigenvalue weighted by Crippen LogP contribution is 2.30. The van der Waals surface area contributed by atoms with Crippen LogP contribution >= 0.6 is 0 Å². The average molecular weight is 834 g/mol. The summed E-state index contributed by atoms with van der Waals surface area (Å²) in [5.74, 6) is 0.181. The average Bonchev–Trinajstić information content (AvgIpc) is 3.11. The molecular formula is C36H76N2O8Si6. The van der Waals surface area contributed by atoms with Gasteiger partial charge in [0, 0.05) is 77.3 Å². The minimum atomic E-state index is -2.69. The third kappa shape index (κ3) is 15.9. The second kappa shape index (κ2) is 26.9. The highest BCUT2D eigenvalue weighted by molar-refractivity contribution is 6.83. The molecule has 0 amide bonds. The van der Waals surface area contributed by atoms with Gasteiger partial charge in [-0.15, -0.1) is 0 Å². The van der Waals surface area contributed by atoms with Gasteiger partial charge >= 0.3 is 26.2 Å². The molecule has 1 rings (SSSR count). The fourth-order valence-corrected chi connectivity index (χ4v) is 19.2. The molecule has 0 heterocycles. The van der Waals surface area contributed by atoms with Gasteiger partial charge in [0.05, 0.1) is 27.1 Å². The van der Waals surface area contributed by atoms with E-state index in [0.717, 1.165) is 50.5 Å². The van der Waals surface area contributed by atoms with E-state index in [1.807, 2.05) is 55.8 Å². The van der Waals surface area contributed by atoms with Crippen molar-refractivity contribution in [2.45, 2.75) is 130 Å². The molecule has 0 bridgehead atoms. The molecule has 302 valence electrons. The Hall–Kier alpha value is 0.121. The van der Waals surface area contributed by atoms with E-state index in [0.29, 0.717) is 49.2 Å². The van der Waals surface area contributed by atoms with Gasteiger partial charge in [-0.25, -0.2) is 0 Å². The lowest BCUT2D eigenvalue weighted by molar-refractivity contribution is 0.0701. The summed E-state index contributed by atoms with van der Waals surface area (Å²) < 4.78 is 49.1. The number of benzene rings is 1. The Balaban J connectivity index is 3.27. The molecule has 0 spiro atoms. The Morgan fingerprint density at radius 3 is 1.44 bits per heavy atom. The fourth-order valence-electron chi connectivity index (χ4n) is 6.70. The van der Waals surface area contributed by atoms with Crippen molar-refractivity contribution < 1.29 is 35.4 Å². The molecule has 0 aliphatic rings. The number of hydrogen-bond acceptors (Lipinski definition) is 10. The highest BCUT2D eigenvalue weighted by Gasteiger charge is 2.42. The summed E-state index contributed by atoms with van der Waals surface area (Å²) in [6.45, 7) is 31.7. The Labute approximate surface area is 328 Å². The van der Waals surface area contributed by atoms with Gasteiger partial charge < -0.3 is 46.0 Å². The normalized spacial score (nSPS) is 13.6. The molecule has 0 fully saturated rings. The quantitative estimate of drug-likeness (QED) is 0.0542. The van der Waals surface area contributed by atoms with Crippen LogP contribution < -0.4 is 21.0 Å². The molecule has 10 nitrogen and oxygen atoms in total. The molecule has 0 saturated carbocycles.